The number of aromatic nitrogens is 6. The maximum Gasteiger partial charge on any atom is 0.227 e. The third kappa shape index (κ3) is 3.57. The summed E-state index contributed by atoms with van der Waals surface area (Å²) in [7, 11) is 0. The van der Waals surface area contributed by atoms with E-state index in [1.54, 1.807) is 17.2 Å². The van der Waals surface area contributed by atoms with Crippen LogP contribution in [0, 0.1) is 5.92 Å². The molecule has 1 aromatic carbocycles. The Morgan fingerprint density at radius 3 is 2.57 bits per heavy atom. The van der Waals surface area contributed by atoms with Crippen molar-refractivity contribution in [3.63, 3.8) is 0 Å². The summed E-state index contributed by atoms with van der Waals surface area (Å²) in [5.41, 5.74) is 1.57. The molecule has 4 heterocycles. The third-order valence-corrected chi connectivity index (χ3v) is 5.37. The van der Waals surface area contributed by atoms with Gasteiger partial charge >= 0.3 is 0 Å². The molecule has 4 aromatic rings. The van der Waals surface area contributed by atoms with E-state index in [-0.39, 0.29) is 11.8 Å². The summed E-state index contributed by atoms with van der Waals surface area (Å²) in [5, 5.41) is 16.7. The van der Waals surface area contributed by atoms with Crippen LogP contribution in [0.25, 0.3) is 16.7 Å². The molecule has 1 aliphatic rings. The lowest BCUT2D eigenvalue weighted by Gasteiger charge is -2.31. The van der Waals surface area contributed by atoms with Crippen molar-refractivity contribution < 1.29 is 4.79 Å². The molecule has 0 unspecified atom stereocenters. The summed E-state index contributed by atoms with van der Waals surface area (Å²) in [5.74, 6) is 1.42. The number of fused-ring (bicyclic) bond motifs is 1. The van der Waals surface area contributed by atoms with Gasteiger partial charge in [0.1, 0.15) is 12.7 Å². The summed E-state index contributed by atoms with van der Waals surface area (Å²) < 4.78 is 1.56. The van der Waals surface area contributed by atoms with E-state index >= 15 is 0 Å². The molecule has 0 saturated carbocycles. The minimum atomic E-state index is -0.0393. The van der Waals surface area contributed by atoms with E-state index < -0.39 is 0 Å². The van der Waals surface area contributed by atoms with Crippen LogP contribution in [0.2, 0.25) is 0 Å². The molecule has 0 aliphatic carbocycles. The van der Waals surface area contributed by atoms with Crippen LogP contribution in [0.5, 0.6) is 0 Å². The highest BCUT2D eigenvalue weighted by Gasteiger charge is 2.26. The number of hydrogen-bond donors (Lipinski definition) is 1. The first-order chi connectivity index (χ1) is 14.8. The highest BCUT2D eigenvalue weighted by molar-refractivity contribution is 6.01. The molecule has 3 aromatic heterocycles. The Morgan fingerprint density at radius 2 is 1.80 bits per heavy atom. The first-order valence-corrected chi connectivity index (χ1v) is 9.86. The Balaban J connectivity index is 1.22. The average molecular weight is 400 g/mol. The summed E-state index contributed by atoms with van der Waals surface area (Å²) in [4.78, 5) is 23.3. The molecular weight excluding hydrogens is 380 g/mol. The van der Waals surface area contributed by atoms with Gasteiger partial charge in [-0.1, -0.05) is 18.2 Å². The van der Waals surface area contributed by atoms with E-state index in [9.17, 15) is 4.79 Å². The molecule has 0 spiro atoms. The quantitative estimate of drug-likeness (QED) is 0.561. The minimum Gasteiger partial charge on any atom is -0.355 e. The summed E-state index contributed by atoms with van der Waals surface area (Å²) >= 11 is 0. The van der Waals surface area contributed by atoms with Crippen LogP contribution < -0.4 is 10.2 Å². The number of benzene rings is 1. The van der Waals surface area contributed by atoms with Gasteiger partial charge in [0.2, 0.25) is 5.91 Å². The van der Waals surface area contributed by atoms with Gasteiger partial charge in [-0.2, -0.15) is 5.10 Å². The molecule has 150 valence electrons. The Kier molecular flexibility index (Phi) is 4.76. The molecule has 1 saturated heterocycles. The topological polar surface area (TPSA) is 102 Å². The molecule has 1 amide bonds. The minimum absolute atomic E-state index is 0.0393. The van der Waals surface area contributed by atoms with E-state index in [0.717, 1.165) is 48.3 Å². The van der Waals surface area contributed by atoms with Crippen LogP contribution in [0.1, 0.15) is 12.8 Å². The molecule has 0 bridgehead atoms. The molecule has 9 heteroatoms. The van der Waals surface area contributed by atoms with Crippen LogP contribution in [-0.2, 0) is 4.79 Å². The lowest BCUT2D eigenvalue weighted by Crippen LogP contribution is -2.38. The Labute approximate surface area is 172 Å². The van der Waals surface area contributed by atoms with Gasteiger partial charge in [0.25, 0.3) is 0 Å². The van der Waals surface area contributed by atoms with E-state index in [0.29, 0.717) is 5.82 Å². The van der Waals surface area contributed by atoms with Crippen molar-refractivity contribution in [2.75, 3.05) is 23.3 Å². The van der Waals surface area contributed by atoms with Gasteiger partial charge in [-0.3, -0.25) is 9.78 Å². The zero-order valence-corrected chi connectivity index (χ0v) is 16.2. The predicted molar refractivity (Wildman–Crippen MR) is 112 cm³/mol. The molecule has 1 fully saturated rings. The maximum absolute atomic E-state index is 12.8. The smallest absolute Gasteiger partial charge is 0.227 e. The lowest BCUT2D eigenvalue weighted by atomic mass is 9.95. The van der Waals surface area contributed by atoms with Crippen LogP contribution >= 0.6 is 0 Å². The molecular formula is C21H20N8O. The second-order valence-corrected chi connectivity index (χ2v) is 7.22. The predicted octanol–water partition coefficient (Wildman–Crippen LogP) is 2.46. The Bertz CT molecular complexity index is 1150. The SMILES string of the molecule is O=C(Nc1cccc2cccnc12)C1CCN(c2ccc(-n3cncn3)nn2)CC1. The fourth-order valence-corrected chi connectivity index (χ4v) is 3.75. The number of nitrogens with one attached hydrogen (secondary N) is 1. The number of carbonyl (C=O) groups is 1. The van der Waals surface area contributed by atoms with Gasteiger partial charge in [0, 0.05) is 30.6 Å². The van der Waals surface area contributed by atoms with Gasteiger partial charge in [-0.15, -0.1) is 10.2 Å². The van der Waals surface area contributed by atoms with Crippen LogP contribution in [-0.4, -0.2) is 48.9 Å². The summed E-state index contributed by atoms with van der Waals surface area (Å²) in [6, 6.07) is 13.5. The number of para-hydroxylation sites is 1. The van der Waals surface area contributed by atoms with Crippen molar-refractivity contribution in [1.82, 2.24) is 29.9 Å². The van der Waals surface area contributed by atoms with Crippen LogP contribution in [0.3, 0.4) is 0 Å². The van der Waals surface area contributed by atoms with E-state index in [1.807, 2.05) is 42.5 Å². The van der Waals surface area contributed by atoms with Crippen molar-refractivity contribution in [1.29, 1.82) is 0 Å². The fourth-order valence-electron chi connectivity index (χ4n) is 3.75. The number of carbonyl (C=O) groups excluding carboxylic acids is 1. The van der Waals surface area contributed by atoms with E-state index in [4.69, 9.17) is 0 Å². The standard InChI is InChI=1S/C21H20N8O/c30-21(25-17-5-1-3-15-4-2-10-23-20(15)17)16-8-11-28(12-9-16)18-6-7-19(27-26-18)29-14-22-13-24-29/h1-7,10,13-14,16H,8-9,11-12H2,(H,25,30). The number of anilines is 2. The molecule has 1 N–H and O–H groups in total. The van der Waals surface area contributed by atoms with Gasteiger partial charge in [-0.25, -0.2) is 9.67 Å². The second-order valence-electron chi connectivity index (χ2n) is 7.22. The highest BCUT2D eigenvalue weighted by atomic mass is 16.1. The number of hydrogen-bond acceptors (Lipinski definition) is 7. The number of piperidine rings is 1. The van der Waals surface area contributed by atoms with Crippen LogP contribution in [0.15, 0.2) is 61.3 Å². The van der Waals surface area contributed by atoms with Gasteiger partial charge in [0.05, 0.1) is 11.2 Å². The number of amides is 1. The molecule has 30 heavy (non-hydrogen) atoms. The summed E-state index contributed by atoms with van der Waals surface area (Å²) in [6.45, 7) is 1.51. The molecule has 5 rings (SSSR count). The van der Waals surface area contributed by atoms with Gasteiger partial charge < -0.3 is 10.2 Å². The van der Waals surface area contributed by atoms with Crippen LogP contribution in [0.4, 0.5) is 11.5 Å². The molecule has 0 radical (unpaired) electrons. The van der Waals surface area contributed by atoms with Crippen molar-refractivity contribution in [3.05, 3.63) is 61.3 Å². The van der Waals surface area contributed by atoms with Gasteiger partial charge in [-0.05, 0) is 37.1 Å². The molecule has 9 nitrogen and oxygen atoms in total. The van der Waals surface area contributed by atoms with Crippen molar-refractivity contribution in [2.24, 2.45) is 5.92 Å². The zero-order valence-electron chi connectivity index (χ0n) is 16.2. The van der Waals surface area contributed by atoms with Gasteiger partial charge in [0.15, 0.2) is 11.6 Å². The van der Waals surface area contributed by atoms with E-state index in [2.05, 4.69) is 35.5 Å². The van der Waals surface area contributed by atoms with Crippen molar-refractivity contribution in [2.45, 2.75) is 12.8 Å². The van der Waals surface area contributed by atoms with E-state index in [1.165, 1.54) is 6.33 Å². The first kappa shape index (κ1) is 18.2. The molecule has 1 aliphatic heterocycles. The largest absolute Gasteiger partial charge is 0.355 e. The lowest BCUT2D eigenvalue weighted by molar-refractivity contribution is -0.120. The zero-order chi connectivity index (χ0) is 20.3. The second kappa shape index (κ2) is 7.86. The molecule has 0 atom stereocenters. The average Bonchev–Trinajstić information content (AvgIpc) is 3.35. The number of nitrogens with zero attached hydrogens (tertiary/aromatic N) is 7. The highest BCUT2D eigenvalue weighted by Crippen LogP contribution is 2.25. The van der Waals surface area contributed by atoms with Crippen molar-refractivity contribution in [3.8, 4) is 5.82 Å². The normalized spacial score (nSPS) is 14.7. The number of rotatable bonds is 4. The van der Waals surface area contributed by atoms with Crippen molar-refractivity contribution >= 4 is 28.3 Å². The number of pyridine rings is 1. The first-order valence-electron chi connectivity index (χ1n) is 9.86. The Hall–Kier alpha value is -3.88. The maximum atomic E-state index is 12.8. The Morgan fingerprint density at radius 1 is 1.00 bits per heavy atom. The third-order valence-electron chi connectivity index (χ3n) is 5.37. The summed E-state index contributed by atoms with van der Waals surface area (Å²) in [6.07, 6.45) is 6.30. The fraction of sp³-hybridized carbons (Fsp3) is 0.238. The monoisotopic (exact) mass is 400 g/mol.